The molecule has 2 aromatic rings. The maximum Gasteiger partial charge on any atom is 0.247 e. The highest BCUT2D eigenvalue weighted by atomic mass is 32.2. The van der Waals surface area contributed by atoms with Gasteiger partial charge in [0.05, 0.1) is 18.2 Å². The number of fused-ring (bicyclic) bond motifs is 1. The molecular weight excluding hydrogens is 394 g/mol. The largest absolute Gasteiger partial charge is 0.351 e. The van der Waals surface area contributed by atoms with Crippen LogP contribution in [0.1, 0.15) is 17.7 Å². The third-order valence-corrected chi connectivity index (χ3v) is 7.11. The van der Waals surface area contributed by atoms with Crippen molar-refractivity contribution >= 4 is 46.5 Å². The summed E-state index contributed by atoms with van der Waals surface area (Å²) in [7, 11) is 0. The van der Waals surface area contributed by atoms with Gasteiger partial charge in [0.1, 0.15) is 0 Å². The minimum absolute atomic E-state index is 0.0306. The summed E-state index contributed by atoms with van der Waals surface area (Å²) >= 11 is 2.89. The molecule has 1 aromatic carbocycles. The monoisotopic (exact) mass is 415 g/mol. The van der Waals surface area contributed by atoms with Gasteiger partial charge in [-0.05, 0) is 36.4 Å². The Balaban J connectivity index is 1.38. The fourth-order valence-electron chi connectivity index (χ4n) is 3.50. The van der Waals surface area contributed by atoms with Crippen LogP contribution in [0.4, 0.5) is 5.69 Å². The number of amides is 3. The van der Waals surface area contributed by atoms with Crippen molar-refractivity contribution in [2.45, 2.75) is 29.5 Å². The molecule has 0 saturated carbocycles. The van der Waals surface area contributed by atoms with E-state index in [1.807, 2.05) is 41.8 Å². The van der Waals surface area contributed by atoms with Crippen molar-refractivity contribution in [3.63, 3.8) is 0 Å². The van der Waals surface area contributed by atoms with Gasteiger partial charge in [0, 0.05) is 22.9 Å². The molecular formula is C20H21N3O3S2. The number of para-hydroxylation sites is 1. The summed E-state index contributed by atoms with van der Waals surface area (Å²) in [5.41, 5.74) is 0.742. The van der Waals surface area contributed by atoms with Crippen molar-refractivity contribution in [3.05, 3.63) is 46.7 Å². The third-order valence-electron chi connectivity index (χ3n) is 4.97. The number of rotatable bonds is 4. The van der Waals surface area contributed by atoms with Gasteiger partial charge in [-0.25, -0.2) is 0 Å². The van der Waals surface area contributed by atoms with Crippen molar-refractivity contribution in [1.82, 2.24) is 10.2 Å². The molecule has 0 bridgehead atoms. The molecule has 6 nitrogen and oxygen atoms in total. The molecule has 2 N–H and O–H groups in total. The third kappa shape index (κ3) is 4.07. The van der Waals surface area contributed by atoms with Crippen molar-refractivity contribution in [1.29, 1.82) is 0 Å². The van der Waals surface area contributed by atoms with Gasteiger partial charge in [0.2, 0.25) is 17.7 Å². The Bertz CT molecular complexity index is 885. The summed E-state index contributed by atoms with van der Waals surface area (Å²) in [6.07, 6.45) is 1.52. The van der Waals surface area contributed by atoms with Crippen molar-refractivity contribution in [2.24, 2.45) is 5.92 Å². The smallest absolute Gasteiger partial charge is 0.247 e. The maximum atomic E-state index is 13.0. The first-order valence-corrected chi connectivity index (χ1v) is 11.0. The van der Waals surface area contributed by atoms with E-state index in [1.165, 1.54) is 11.8 Å². The Morgan fingerprint density at radius 3 is 2.89 bits per heavy atom. The van der Waals surface area contributed by atoms with Gasteiger partial charge in [-0.1, -0.05) is 18.2 Å². The average molecular weight is 416 g/mol. The van der Waals surface area contributed by atoms with E-state index in [1.54, 1.807) is 16.2 Å². The van der Waals surface area contributed by atoms with E-state index in [2.05, 4.69) is 10.6 Å². The number of likely N-dealkylation sites (tertiary alicyclic amines) is 1. The number of carbonyl (C=O) groups is 3. The van der Waals surface area contributed by atoms with Crippen molar-refractivity contribution in [3.8, 4) is 0 Å². The summed E-state index contributed by atoms with van der Waals surface area (Å²) in [5, 5.41) is 6.96. The highest BCUT2D eigenvalue weighted by Gasteiger charge is 2.38. The van der Waals surface area contributed by atoms with Crippen LogP contribution in [0.5, 0.6) is 0 Å². The van der Waals surface area contributed by atoms with Gasteiger partial charge in [-0.3, -0.25) is 14.4 Å². The first-order chi connectivity index (χ1) is 13.6. The molecule has 4 rings (SSSR count). The summed E-state index contributed by atoms with van der Waals surface area (Å²) in [6, 6.07) is 11.4. The summed E-state index contributed by atoms with van der Waals surface area (Å²) in [5.74, 6) is -0.774. The fraction of sp³-hybridized carbons (Fsp3) is 0.350. The quantitative estimate of drug-likeness (QED) is 0.753. The molecule has 146 valence electrons. The number of hydrogen-bond donors (Lipinski definition) is 2. The highest BCUT2D eigenvalue weighted by molar-refractivity contribution is 8.01. The Hall–Kier alpha value is -2.32. The number of nitrogens with one attached hydrogen (secondary N) is 2. The van der Waals surface area contributed by atoms with Gasteiger partial charge in [0.25, 0.3) is 0 Å². The number of benzene rings is 1. The Labute approximate surface area is 171 Å². The van der Waals surface area contributed by atoms with Crippen molar-refractivity contribution in [2.75, 3.05) is 18.4 Å². The first kappa shape index (κ1) is 19.0. The van der Waals surface area contributed by atoms with Crippen LogP contribution in [-0.2, 0) is 20.9 Å². The van der Waals surface area contributed by atoms with Gasteiger partial charge in [-0.15, -0.1) is 23.1 Å². The lowest BCUT2D eigenvalue weighted by Crippen LogP contribution is -2.50. The summed E-state index contributed by atoms with van der Waals surface area (Å²) < 4.78 is 0. The van der Waals surface area contributed by atoms with Crippen LogP contribution in [0, 0.1) is 5.92 Å². The van der Waals surface area contributed by atoms with Crippen LogP contribution in [-0.4, -0.2) is 41.0 Å². The molecule has 3 amide bonds. The zero-order chi connectivity index (χ0) is 19.5. The van der Waals surface area contributed by atoms with Crippen LogP contribution < -0.4 is 10.6 Å². The molecule has 0 spiro atoms. The van der Waals surface area contributed by atoms with Gasteiger partial charge < -0.3 is 15.5 Å². The number of thiophene rings is 1. The number of hydrogen-bond acceptors (Lipinski definition) is 5. The number of anilines is 1. The molecule has 2 aliphatic rings. The normalized spacial score (nSPS) is 21.6. The Morgan fingerprint density at radius 1 is 1.21 bits per heavy atom. The lowest BCUT2D eigenvalue weighted by molar-refractivity contribution is -0.137. The number of piperidine rings is 1. The van der Waals surface area contributed by atoms with Crippen LogP contribution >= 0.6 is 23.1 Å². The Kier molecular flexibility index (Phi) is 5.68. The highest BCUT2D eigenvalue weighted by Crippen LogP contribution is 2.36. The zero-order valence-electron chi connectivity index (χ0n) is 15.2. The molecule has 28 heavy (non-hydrogen) atoms. The second-order valence-electron chi connectivity index (χ2n) is 6.90. The molecule has 2 aliphatic heterocycles. The van der Waals surface area contributed by atoms with E-state index in [0.29, 0.717) is 19.6 Å². The molecule has 8 heteroatoms. The lowest BCUT2D eigenvalue weighted by atomic mass is 9.96. The van der Waals surface area contributed by atoms with Crippen LogP contribution in [0.2, 0.25) is 0 Å². The van der Waals surface area contributed by atoms with E-state index in [9.17, 15) is 14.4 Å². The van der Waals surface area contributed by atoms with Gasteiger partial charge >= 0.3 is 0 Å². The number of nitrogens with zero attached hydrogens (tertiary/aromatic N) is 1. The molecule has 3 heterocycles. The van der Waals surface area contributed by atoms with E-state index in [0.717, 1.165) is 28.3 Å². The first-order valence-electron chi connectivity index (χ1n) is 9.27. The van der Waals surface area contributed by atoms with E-state index in [4.69, 9.17) is 0 Å². The standard InChI is InChI=1S/C20H21N3O3S2/c24-18(21-11-14-6-4-10-27-14)13-5-3-9-23(12-13)20(26)17-19(25)22-15-7-1-2-8-16(15)28-17/h1-2,4,6-8,10,13,17H,3,5,9,11-12H2,(H,21,24)(H,22,25)/t13-,17+/m1/s1. The predicted molar refractivity (Wildman–Crippen MR) is 110 cm³/mol. The average Bonchev–Trinajstić information content (AvgIpc) is 3.25. The molecule has 0 radical (unpaired) electrons. The fourth-order valence-corrected chi connectivity index (χ4v) is 5.22. The molecule has 2 atom stereocenters. The van der Waals surface area contributed by atoms with Gasteiger partial charge in [0.15, 0.2) is 5.25 Å². The summed E-state index contributed by atoms with van der Waals surface area (Å²) in [4.78, 5) is 41.6. The number of carbonyl (C=O) groups excluding carboxylic acids is 3. The predicted octanol–water partition coefficient (Wildman–Crippen LogP) is 2.72. The Morgan fingerprint density at radius 2 is 2.07 bits per heavy atom. The minimum Gasteiger partial charge on any atom is -0.351 e. The molecule has 1 saturated heterocycles. The molecule has 1 fully saturated rings. The van der Waals surface area contributed by atoms with Crippen molar-refractivity contribution < 1.29 is 14.4 Å². The van der Waals surface area contributed by atoms with Crippen LogP contribution in [0.25, 0.3) is 0 Å². The molecule has 1 aromatic heterocycles. The van der Waals surface area contributed by atoms with Crippen LogP contribution in [0.3, 0.4) is 0 Å². The minimum atomic E-state index is -0.803. The SMILES string of the molecule is O=C(NCc1cccs1)[C@@H]1CCCN(C(=O)[C@H]2Sc3ccccc3NC2=O)C1. The van der Waals surface area contributed by atoms with Gasteiger partial charge in [-0.2, -0.15) is 0 Å². The molecule has 0 unspecified atom stereocenters. The number of thioether (sulfide) groups is 1. The maximum absolute atomic E-state index is 13.0. The lowest BCUT2D eigenvalue weighted by Gasteiger charge is -2.35. The van der Waals surface area contributed by atoms with E-state index >= 15 is 0 Å². The van der Waals surface area contributed by atoms with E-state index < -0.39 is 5.25 Å². The second kappa shape index (κ2) is 8.36. The van der Waals surface area contributed by atoms with Crippen LogP contribution in [0.15, 0.2) is 46.7 Å². The second-order valence-corrected chi connectivity index (χ2v) is 9.08. The molecule has 0 aliphatic carbocycles. The van der Waals surface area contributed by atoms with E-state index in [-0.39, 0.29) is 23.6 Å². The zero-order valence-corrected chi connectivity index (χ0v) is 16.9. The topological polar surface area (TPSA) is 78.5 Å². The summed E-state index contributed by atoms with van der Waals surface area (Å²) in [6.45, 7) is 1.46.